The Hall–Kier alpha value is -1.36. The molecular weight excluding hydrogens is 202 g/mol. The second-order valence-electron chi connectivity index (χ2n) is 4.38. The van der Waals surface area contributed by atoms with Crippen LogP contribution in [0.5, 0.6) is 0 Å². The van der Waals surface area contributed by atoms with Crippen LogP contribution in [0.25, 0.3) is 0 Å². The molecule has 0 saturated carbocycles. The van der Waals surface area contributed by atoms with Gasteiger partial charge in [-0.3, -0.25) is 0 Å². The lowest BCUT2D eigenvalue weighted by Crippen LogP contribution is -2.33. The quantitative estimate of drug-likeness (QED) is 0.792. The van der Waals surface area contributed by atoms with E-state index >= 15 is 0 Å². The molecule has 2 rings (SSSR count). The monoisotopic (exact) mass is 221 g/mol. The molecule has 1 fully saturated rings. The van der Waals surface area contributed by atoms with Gasteiger partial charge < -0.3 is 16.0 Å². The molecule has 1 atom stereocenters. The zero-order valence-electron chi connectivity index (χ0n) is 9.69. The van der Waals surface area contributed by atoms with E-state index in [0.717, 1.165) is 12.4 Å². The van der Waals surface area contributed by atoms with Gasteiger partial charge >= 0.3 is 0 Å². The van der Waals surface area contributed by atoms with Crippen molar-refractivity contribution in [2.75, 3.05) is 30.7 Å². The summed E-state index contributed by atoms with van der Waals surface area (Å²) in [4.78, 5) is 10.5. The Morgan fingerprint density at radius 1 is 1.50 bits per heavy atom. The first kappa shape index (κ1) is 11.1. The van der Waals surface area contributed by atoms with Crippen LogP contribution in [0.3, 0.4) is 0 Å². The molecule has 0 radical (unpaired) electrons. The van der Waals surface area contributed by atoms with Crippen molar-refractivity contribution in [3.8, 4) is 0 Å². The molecule has 1 saturated heterocycles. The molecule has 16 heavy (non-hydrogen) atoms. The zero-order valence-corrected chi connectivity index (χ0v) is 9.69. The van der Waals surface area contributed by atoms with Gasteiger partial charge in [0.15, 0.2) is 5.82 Å². The van der Waals surface area contributed by atoms with E-state index in [1.807, 2.05) is 0 Å². The fourth-order valence-corrected chi connectivity index (χ4v) is 2.09. The van der Waals surface area contributed by atoms with Crippen molar-refractivity contribution in [1.29, 1.82) is 0 Å². The summed E-state index contributed by atoms with van der Waals surface area (Å²) in [5.41, 5.74) is 6.38. The molecule has 1 aliphatic heterocycles. The van der Waals surface area contributed by atoms with E-state index in [2.05, 4.69) is 27.1 Å². The highest BCUT2D eigenvalue weighted by Gasteiger charge is 2.15. The van der Waals surface area contributed by atoms with Gasteiger partial charge in [-0.2, -0.15) is 0 Å². The van der Waals surface area contributed by atoms with E-state index in [4.69, 9.17) is 5.73 Å². The molecule has 0 amide bonds. The zero-order chi connectivity index (χ0) is 11.4. The Kier molecular flexibility index (Phi) is 3.56. The van der Waals surface area contributed by atoms with E-state index in [1.165, 1.54) is 32.3 Å². The van der Waals surface area contributed by atoms with Crippen LogP contribution in [0.4, 0.5) is 11.5 Å². The molecule has 5 heteroatoms. The molecular formula is C11H19N5. The first-order chi connectivity index (χ1) is 7.75. The molecule has 88 valence electrons. The van der Waals surface area contributed by atoms with Crippen molar-refractivity contribution in [3.05, 3.63) is 12.5 Å². The van der Waals surface area contributed by atoms with Crippen molar-refractivity contribution in [2.24, 2.45) is 0 Å². The summed E-state index contributed by atoms with van der Waals surface area (Å²) in [6, 6.07) is 0.357. The normalized spacial score (nSPS) is 18.6. The van der Waals surface area contributed by atoms with Crippen molar-refractivity contribution < 1.29 is 0 Å². The van der Waals surface area contributed by atoms with Crippen LogP contribution in [-0.4, -0.2) is 40.5 Å². The van der Waals surface area contributed by atoms with Gasteiger partial charge in [0.1, 0.15) is 6.33 Å². The summed E-state index contributed by atoms with van der Waals surface area (Å²) in [6.45, 7) is 5.62. The number of aromatic nitrogens is 2. The van der Waals surface area contributed by atoms with Crippen molar-refractivity contribution in [2.45, 2.75) is 25.8 Å². The molecule has 1 aliphatic rings. The van der Waals surface area contributed by atoms with Crippen LogP contribution >= 0.6 is 0 Å². The average molecular weight is 221 g/mol. The lowest BCUT2D eigenvalue weighted by molar-refractivity contribution is 0.327. The van der Waals surface area contributed by atoms with Gasteiger partial charge in [0.05, 0.1) is 11.9 Å². The highest BCUT2D eigenvalue weighted by atomic mass is 15.2. The third kappa shape index (κ3) is 2.82. The molecule has 0 spiro atoms. The predicted molar refractivity (Wildman–Crippen MR) is 65.2 cm³/mol. The second-order valence-corrected chi connectivity index (χ2v) is 4.38. The molecule has 1 aromatic heterocycles. The van der Waals surface area contributed by atoms with Crippen LogP contribution in [0.1, 0.15) is 19.8 Å². The lowest BCUT2D eigenvalue weighted by atomic mass is 10.3. The number of nitrogen functional groups attached to an aromatic ring is 1. The van der Waals surface area contributed by atoms with E-state index in [9.17, 15) is 0 Å². The minimum absolute atomic E-state index is 0.357. The van der Waals surface area contributed by atoms with Gasteiger partial charge in [-0.05, 0) is 32.9 Å². The maximum atomic E-state index is 5.78. The summed E-state index contributed by atoms with van der Waals surface area (Å²) in [5.74, 6) is 0.738. The van der Waals surface area contributed by atoms with Gasteiger partial charge in [-0.15, -0.1) is 0 Å². The minimum Gasteiger partial charge on any atom is -0.394 e. The standard InChI is InChI=1S/C11H19N5/c1-9(7-16-4-2-3-5-16)15-11-10(12)6-13-8-14-11/h6,8-9H,2-5,7,12H2,1H3,(H,13,14,15). The number of hydrogen-bond acceptors (Lipinski definition) is 5. The highest BCUT2D eigenvalue weighted by Crippen LogP contribution is 2.14. The number of rotatable bonds is 4. The van der Waals surface area contributed by atoms with Gasteiger partial charge in [-0.1, -0.05) is 0 Å². The first-order valence-electron chi connectivity index (χ1n) is 5.80. The molecule has 1 unspecified atom stereocenters. The second kappa shape index (κ2) is 5.12. The maximum absolute atomic E-state index is 5.78. The van der Waals surface area contributed by atoms with Gasteiger partial charge in [0, 0.05) is 12.6 Å². The Balaban J connectivity index is 1.86. The van der Waals surface area contributed by atoms with Gasteiger partial charge in [-0.25, -0.2) is 9.97 Å². The van der Waals surface area contributed by atoms with Crippen LogP contribution in [0.15, 0.2) is 12.5 Å². The third-order valence-corrected chi connectivity index (χ3v) is 2.85. The largest absolute Gasteiger partial charge is 0.394 e. The maximum Gasteiger partial charge on any atom is 0.152 e. The van der Waals surface area contributed by atoms with E-state index in [1.54, 1.807) is 6.20 Å². The Labute approximate surface area is 96.1 Å². The van der Waals surface area contributed by atoms with Gasteiger partial charge in [0.25, 0.3) is 0 Å². The molecule has 0 aliphatic carbocycles. The number of nitrogens with two attached hydrogens (primary N) is 1. The fraction of sp³-hybridized carbons (Fsp3) is 0.636. The predicted octanol–water partition coefficient (Wildman–Crippen LogP) is 0.955. The third-order valence-electron chi connectivity index (χ3n) is 2.85. The van der Waals surface area contributed by atoms with Crippen LogP contribution in [-0.2, 0) is 0 Å². The van der Waals surface area contributed by atoms with Crippen molar-refractivity contribution in [3.63, 3.8) is 0 Å². The fourth-order valence-electron chi connectivity index (χ4n) is 2.09. The molecule has 0 aromatic carbocycles. The summed E-state index contributed by atoms with van der Waals surface area (Å²) in [7, 11) is 0. The van der Waals surface area contributed by atoms with Crippen LogP contribution < -0.4 is 11.1 Å². The molecule has 1 aromatic rings. The number of nitrogens with one attached hydrogen (secondary N) is 1. The average Bonchev–Trinajstić information content (AvgIpc) is 2.74. The Morgan fingerprint density at radius 3 is 2.94 bits per heavy atom. The summed E-state index contributed by atoms with van der Waals surface area (Å²) in [6.07, 6.45) is 5.78. The molecule has 2 heterocycles. The summed E-state index contributed by atoms with van der Waals surface area (Å²) >= 11 is 0. The molecule has 3 N–H and O–H groups in total. The van der Waals surface area contributed by atoms with E-state index in [0.29, 0.717) is 11.7 Å². The van der Waals surface area contributed by atoms with Crippen molar-refractivity contribution >= 4 is 11.5 Å². The minimum atomic E-state index is 0.357. The number of nitrogens with zero attached hydrogens (tertiary/aromatic N) is 3. The Bertz CT molecular complexity index is 335. The Morgan fingerprint density at radius 2 is 2.25 bits per heavy atom. The van der Waals surface area contributed by atoms with Crippen LogP contribution in [0, 0.1) is 0 Å². The molecule has 0 bridgehead atoms. The number of anilines is 2. The highest BCUT2D eigenvalue weighted by molar-refractivity contribution is 5.59. The first-order valence-corrected chi connectivity index (χ1v) is 5.80. The van der Waals surface area contributed by atoms with Gasteiger partial charge in [0.2, 0.25) is 0 Å². The number of likely N-dealkylation sites (tertiary alicyclic amines) is 1. The topological polar surface area (TPSA) is 67.1 Å². The molecule has 5 nitrogen and oxygen atoms in total. The lowest BCUT2D eigenvalue weighted by Gasteiger charge is -2.21. The smallest absolute Gasteiger partial charge is 0.152 e. The SMILES string of the molecule is CC(CN1CCCC1)Nc1ncncc1N. The van der Waals surface area contributed by atoms with Crippen LogP contribution in [0.2, 0.25) is 0 Å². The van der Waals surface area contributed by atoms with E-state index < -0.39 is 0 Å². The van der Waals surface area contributed by atoms with E-state index in [-0.39, 0.29) is 0 Å². The van der Waals surface area contributed by atoms with Crippen molar-refractivity contribution in [1.82, 2.24) is 14.9 Å². The summed E-state index contributed by atoms with van der Waals surface area (Å²) in [5, 5.41) is 3.32. The number of hydrogen-bond donors (Lipinski definition) is 2. The summed E-state index contributed by atoms with van der Waals surface area (Å²) < 4.78 is 0.